The summed E-state index contributed by atoms with van der Waals surface area (Å²) in [7, 11) is 1.79. The Morgan fingerprint density at radius 1 is 1.00 bits per heavy atom. The highest BCUT2D eigenvalue weighted by Gasteiger charge is 2.14. The molecule has 0 saturated heterocycles. The van der Waals surface area contributed by atoms with Crippen molar-refractivity contribution in [2.75, 3.05) is 0 Å². The Balaban J connectivity index is 2.12. The number of azo groups is 1. The third-order valence-corrected chi connectivity index (χ3v) is 3.51. The Labute approximate surface area is 128 Å². The van der Waals surface area contributed by atoms with Gasteiger partial charge in [-0.3, -0.25) is 0 Å². The third-order valence-electron chi connectivity index (χ3n) is 3.51. The summed E-state index contributed by atoms with van der Waals surface area (Å²) >= 11 is 0. The van der Waals surface area contributed by atoms with Crippen molar-refractivity contribution in [3.63, 3.8) is 0 Å². The molecule has 2 heterocycles. The van der Waals surface area contributed by atoms with Crippen molar-refractivity contribution in [1.82, 2.24) is 14.5 Å². The molecule has 0 unspecified atom stereocenters. The van der Waals surface area contributed by atoms with Crippen molar-refractivity contribution >= 4 is 22.5 Å². The topological polar surface area (TPSA) is 75.7 Å². The minimum atomic E-state index is 0.0775. The normalized spacial score (nSPS) is 11.6. The van der Waals surface area contributed by atoms with Gasteiger partial charge in [0.05, 0.1) is 5.52 Å². The number of benzene rings is 1. The van der Waals surface area contributed by atoms with Gasteiger partial charge in [0.1, 0.15) is 0 Å². The first-order valence-electron chi connectivity index (χ1n) is 6.98. The average molecular weight is 295 g/mol. The largest absolute Gasteiger partial charge is 0.493 e. The number of rotatable bonds is 2. The summed E-state index contributed by atoms with van der Waals surface area (Å²) in [5, 5.41) is 19.4. The Morgan fingerprint density at radius 3 is 2.36 bits per heavy atom. The third kappa shape index (κ3) is 2.43. The molecule has 2 aromatic heterocycles. The van der Waals surface area contributed by atoms with Gasteiger partial charge in [0.25, 0.3) is 5.95 Å². The Bertz CT molecular complexity index is 875. The number of hydrogen-bond acceptors (Lipinski definition) is 5. The van der Waals surface area contributed by atoms with Crippen molar-refractivity contribution in [2.24, 2.45) is 17.3 Å². The first-order chi connectivity index (χ1) is 10.5. The van der Waals surface area contributed by atoms with Crippen molar-refractivity contribution in [3.05, 3.63) is 41.2 Å². The zero-order valence-electron chi connectivity index (χ0n) is 13.0. The lowest BCUT2D eigenvalue weighted by Gasteiger charge is -1.97. The van der Waals surface area contributed by atoms with Crippen LogP contribution >= 0.6 is 0 Å². The molecule has 0 bridgehead atoms. The molecule has 6 nitrogen and oxygen atoms in total. The maximum atomic E-state index is 10.3. The van der Waals surface area contributed by atoms with Gasteiger partial charge in [-0.05, 0) is 39.0 Å². The Hall–Kier alpha value is -2.76. The highest BCUT2D eigenvalue weighted by atomic mass is 16.3. The van der Waals surface area contributed by atoms with Crippen LogP contribution in [-0.4, -0.2) is 19.6 Å². The molecule has 0 amide bonds. The number of nitrogens with zero attached hydrogens (tertiary/aromatic N) is 5. The van der Waals surface area contributed by atoms with Crippen LogP contribution in [0.4, 0.5) is 11.6 Å². The summed E-state index contributed by atoms with van der Waals surface area (Å²) in [5.74, 6) is 0.371. The summed E-state index contributed by atoms with van der Waals surface area (Å²) in [6.45, 7) is 5.76. The van der Waals surface area contributed by atoms with Crippen LogP contribution in [0.2, 0.25) is 0 Å². The quantitative estimate of drug-likeness (QED) is 0.725. The SMILES string of the molecule is Cc1ccc2c(c1)c(N=Nc1nc(C)cc(C)n1)c(O)n2C. The molecule has 0 aliphatic carbocycles. The monoisotopic (exact) mass is 295 g/mol. The first kappa shape index (κ1) is 14.2. The number of aromatic hydroxyl groups is 1. The van der Waals surface area contributed by atoms with Gasteiger partial charge in [0.2, 0.25) is 5.88 Å². The van der Waals surface area contributed by atoms with E-state index in [0.29, 0.717) is 11.6 Å². The smallest absolute Gasteiger partial charge is 0.269 e. The molecule has 0 saturated carbocycles. The molecule has 0 radical (unpaired) electrons. The molecule has 0 spiro atoms. The van der Waals surface area contributed by atoms with Crippen LogP contribution < -0.4 is 0 Å². The lowest BCUT2D eigenvalue weighted by Crippen LogP contribution is -1.88. The van der Waals surface area contributed by atoms with Crippen LogP contribution in [-0.2, 0) is 7.05 Å². The fourth-order valence-electron chi connectivity index (χ4n) is 2.47. The molecule has 0 fully saturated rings. The molecule has 1 N–H and O–H groups in total. The highest BCUT2D eigenvalue weighted by molar-refractivity contribution is 5.95. The molecule has 112 valence electrons. The second kappa shape index (κ2) is 5.22. The molecule has 0 aliphatic heterocycles. The van der Waals surface area contributed by atoms with Gasteiger partial charge in [0, 0.05) is 23.8 Å². The zero-order chi connectivity index (χ0) is 15.9. The first-order valence-corrected chi connectivity index (χ1v) is 6.98. The molecular formula is C16H17N5O. The van der Waals surface area contributed by atoms with E-state index >= 15 is 0 Å². The van der Waals surface area contributed by atoms with E-state index in [-0.39, 0.29) is 5.88 Å². The minimum absolute atomic E-state index is 0.0775. The summed E-state index contributed by atoms with van der Waals surface area (Å²) in [6, 6.07) is 7.80. The van der Waals surface area contributed by atoms with Crippen LogP contribution in [0.15, 0.2) is 34.5 Å². The molecule has 3 rings (SSSR count). The second-order valence-electron chi connectivity index (χ2n) is 5.40. The molecular weight excluding hydrogens is 278 g/mol. The number of aromatic nitrogens is 3. The van der Waals surface area contributed by atoms with Gasteiger partial charge in [-0.25, -0.2) is 9.97 Å². The standard InChI is InChI=1S/C16H17N5O/c1-9-5-6-13-12(7-9)14(15(22)21(13)4)19-20-16-17-10(2)8-11(3)18-16/h5-8,22H,1-4H3. The molecule has 3 aromatic rings. The maximum Gasteiger partial charge on any atom is 0.269 e. The van der Waals surface area contributed by atoms with E-state index in [0.717, 1.165) is 27.9 Å². The molecule has 0 aliphatic rings. The fourth-order valence-corrected chi connectivity index (χ4v) is 2.47. The van der Waals surface area contributed by atoms with Crippen molar-refractivity contribution in [3.8, 4) is 5.88 Å². The van der Waals surface area contributed by atoms with Crippen LogP contribution in [0, 0.1) is 20.8 Å². The van der Waals surface area contributed by atoms with Crippen LogP contribution in [0.25, 0.3) is 10.9 Å². The van der Waals surface area contributed by atoms with Crippen molar-refractivity contribution in [1.29, 1.82) is 0 Å². The number of fused-ring (bicyclic) bond motifs is 1. The van der Waals surface area contributed by atoms with Crippen LogP contribution in [0.3, 0.4) is 0 Å². The van der Waals surface area contributed by atoms with E-state index in [1.54, 1.807) is 11.6 Å². The minimum Gasteiger partial charge on any atom is -0.493 e. The summed E-state index contributed by atoms with van der Waals surface area (Å²) in [4.78, 5) is 8.45. The highest BCUT2D eigenvalue weighted by Crippen LogP contribution is 2.38. The van der Waals surface area contributed by atoms with Gasteiger partial charge in [-0.1, -0.05) is 11.6 Å². The summed E-state index contributed by atoms with van der Waals surface area (Å²) in [5.41, 5.74) is 4.10. The Morgan fingerprint density at radius 2 is 1.68 bits per heavy atom. The van der Waals surface area contributed by atoms with E-state index in [1.165, 1.54) is 0 Å². The van der Waals surface area contributed by atoms with E-state index in [4.69, 9.17) is 0 Å². The van der Waals surface area contributed by atoms with Gasteiger partial charge in [-0.15, -0.1) is 10.2 Å². The molecule has 6 heteroatoms. The van der Waals surface area contributed by atoms with E-state index in [1.807, 2.05) is 45.0 Å². The van der Waals surface area contributed by atoms with E-state index < -0.39 is 0 Å². The van der Waals surface area contributed by atoms with E-state index in [9.17, 15) is 5.11 Å². The Kier molecular flexibility index (Phi) is 3.36. The van der Waals surface area contributed by atoms with Gasteiger partial charge < -0.3 is 9.67 Å². The lowest BCUT2D eigenvalue weighted by molar-refractivity contribution is 0.436. The van der Waals surface area contributed by atoms with E-state index in [2.05, 4.69) is 20.2 Å². The van der Waals surface area contributed by atoms with Crippen LogP contribution in [0.1, 0.15) is 17.0 Å². The second-order valence-corrected chi connectivity index (χ2v) is 5.40. The van der Waals surface area contributed by atoms with Crippen molar-refractivity contribution < 1.29 is 5.11 Å². The van der Waals surface area contributed by atoms with Crippen LogP contribution in [0.5, 0.6) is 5.88 Å². The maximum absolute atomic E-state index is 10.3. The number of hydrogen-bond donors (Lipinski definition) is 1. The molecule has 22 heavy (non-hydrogen) atoms. The van der Waals surface area contributed by atoms with Gasteiger partial charge in [0.15, 0.2) is 5.69 Å². The summed E-state index contributed by atoms with van der Waals surface area (Å²) < 4.78 is 1.69. The predicted octanol–water partition coefficient (Wildman–Crippen LogP) is 4.01. The zero-order valence-corrected chi connectivity index (χ0v) is 13.0. The lowest BCUT2D eigenvalue weighted by atomic mass is 10.1. The van der Waals surface area contributed by atoms with Gasteiger partial charge >= 0.3 is 0 Å². The molecule has 0 atom stereocenters. The average Bonchev–Trinajstić information content (AvgIpc) is 2.67. The van der Waals surface area contributed by atoms with Crippen molar-refractivity contribution in [2.45, 2.75) is 20.8 Å². The fraction of sp³-hybridized carbons (Fsp3) is 0.250. The summed E-state index contributed by atoms with van der Waals surface area (Å²) in [6.07, 6.45) is 0. The number of aryl methyl sites for hydroxylation is 4. The molecule has 1 aromatic carbocycles. The predicted molar refractivity (Wildman–Crippen MR) is 85.0 cm³/mol. The van der Waals surface area contributed by atoms with Gasteiger partial charge in [-0.2, -0.15) is 0 Å².